The molecule has 0 heterocycles. The second-order valence-corrected chi connectivity index (χ2v) is 8.20. The second-order valence-electron chi connectivity index (χ2n) is 8.20. The van der Waals surface area contributed by atoms with Gasteiger partial charge >= 0.3 is 0 Å². The molecule has 0 amide bonds. The van der Waals surface area contributed by atoms with Crippen LogP contribution in [-0.4, -0.2) is 31.1 Å². The van der Waals surface area contributed by atoms with Gasteiger partial charge in [0.25, 0.3) is 0 Å². The number of nitrogens with zero attached hydrogens (tertiary/aromatic N) is 1. The molecular formula is C17H36N2. The first kappa shape index (κ1) is 17.0. The van der Waals surface area contributed by atoms with Crippen LogP contribution in [0.4, 0.5) is 0 Å². The van der Waals surface area contributed by atoms with Gasteiger partial charge in [0.05, 0.1) is 0 Å². The lowest BCUT2D eigenvalue weighted by Crippen LogP contribution is -2.37. The van der Waals surface area contributed by atoms with Crippen molar-refractivity contribution in [2.24, 2.45) is 16.6 Å². The molecule has 0 aliphatic heterocycles. The molecule has 0 atom stereocenters. The number of hydrogen-bond acceptors (Lipinski definition) is 2. The molecule has 0 saturated heterocycles. The van der Waals surface area contributed by atoms with Crippen LogP contribution in [0, 0.1) is 10.8 Å². The van der Waals surface area contributed by atoms with Gasteiger partial charge in [-0.1, -0.05) is 34.1 Å². The van der Waals surface area contributed by atoms with E-state index in [2.05, 4.69) is 39.6 Å². The van der Waals surface area contributed by atoms with E-state index in [1.54, 1.807) is 0 Å². The molecule has 0 unspecified atom stereocenters. The Bertz CT molecular complexity index is 248. The van der Waals surface area contributed by atoms with Gasteiger partial charge in [-0.05, 0) is 69.5 Å². The molecule has 1 fully saturated rings. The van der Waals surface area contributed by atoms with Crippen LogP contribution in [0.1, 0.15) is 72.6 Å². The van der Waals surface area contributed by atoms with Gasteiger partial charge in [-0.3, -0.25) is 0 Å². The quantitative estimate of drug-likeness (QED) is 0.706. The highest BCUT2D eigenvalue weighted by Crippen LogP contribution is 2.36. The summed E-state index contributed by atoms with van der Waals surface area (Å²) in [6.45, 7) is 11.4. The van der Waals surface area contributed by atoms with Crippen molar-refractivity contribution in [2.45, 2.75) is 78.7 Å². The Balaban J connectivity index is 2.16. The van der Waals surface area contributed by atoms with Crippen molar-refractivity contribution < 1.29 is 0 Å². The normalized spacial score (nSPS) is 21.0. The van der Waals surface area contributed by atoms with Gasteiger partial charge in [-0.15, -0.1) is 0 Å². The maximum absolute atomic E-state index is 5.78. The van der Waals surface area contributed by atoms with Gasteiger partial charge in [0, 0.05) is 6.04 Å². The fourth-order valence-corrected chi connectivity index (χ4v) is 3.07. The zero-order chi connectivity index (χ0) is 14.5. The lowest BCUT2D eigenvalue weighted by Gasteiger charge is -2.38. The number of nitrogens with two attached hydrogens (primary N) is 1. The van der Waals surface area contributed by atoms with E-state index < -0.39 is 0 Å². The van der Waals surface area contributed by atoms with Crippen LogP contribution in [0.15, 0.2) is 0 Å². The van der Waals surface area contributed by atoms with Gasteiger partial charge in [0.1, 0.15) is 0 Å². The van der Waals surface area contributed by atoms with Gasteiger partial charge in [0.2, 0.25) is 0 Å². The van der Waals surface area contributed by atoms with E-state index in [0.29, 0.717) is 10.8 Å². The predicted octanol–water partition coefficient (Wildman–Crippen LogP) is 4.04. The first-order chi connectivity index (χ1) is 8.76. The van der Waals surface area contributed by atoms with E-state index in [1.165, 1.54) is 51.5 Å². The summed E-state index contributed by atoms with van der Waals surface area (Å²) >= 11 is 0. The topological polar surface area (TPSA) is 29.3 Å². The zero-order valence-corrected chi connectivity index (χ0v) is 14.0. The van der Waals surface area contributed by atoms with E-state index in [-0.39, 0.29) is 0 Å². The van der Waals surface area contributed by atoms with Gasteiger partial charge in [0.15, 0.2) is 0 Å². The van der Waals surface area contributed by atoms with Crippen molar-refractivity contribution in [3.05, 3.63) is 0 Å². The van der Waals surface area contributed by atoms with Crippen LogP contribution in [0.3, 0.4) is 0 Å². The van der Waals surface area contributed by atoms with Crippen LogP contribution >= 0.6 is 0 Å². The molecule has 114 valence electrons. The predicted molar refractivity (Wildman–Crippen MR) is 85.4 cm³/mol. The molecular weight excluding hydrogens is 232 g/mol. The third-order valence-corrected chi connectivity index (χ3v) is 5.10. The van der Waals surface area contributed by atoms with Crippen LogP contribution in [0.5, 0.6) is 0 Å². The molecule has 0 bridgehead atoms. The van der Waals surface area contributed by atoms with Gasteiger partial charge in [-0.25, -0.2) is 0 Å². The zero-order valence-electron chi connectivity index (χ0n) is 14.0. The third-order valence-electron chi connectivity index (χ3n) is 5.10. The molecule has 1 aliphatic rings. The first-order valence-corrected chi connectivity index (χ1v) is 8.16. The highest BCUT2D eigenvalue weighted by Gasteiger charge is 2.28. The van der Waals surface area contributed by atoms with E-state index in [9.17, 15) is 0 Å². The Morgan fingerprint density at radius 1 is 1.16 bits per heavy atom. The second kappa shape index (κ2) is 7.08. The molecule has 0 aromatic rings. The first-order valence-electron chi connectivity index (χ1n) is 8.16. The van der Waals surface area contributed by atoms with E-state index in [4.69, 9.17) is 5.73 Å². The maximum Gasteiger partial charge on any atom is 0.00926 e. The Hall–Kier alpha value is -0.0800. The Morgan fingerprint density at radius 3 is 2.26 bits per heavy atom. The third kappa shape index (κ3) is 6.27. The molecule has 2 N–H and O–H groups in total. The fraction of sp³-hybridized carbons (Fsp3) is 1.00. The number of unbranched alkanes of at least 4 members (excludes halogenated alkanes) is 1. The van der Waals surface area contributed by atoms with Crippen molar-refractivity contribution in [1.82, 2.24) is 4.90 Å². The summed E-state index contributed by atoms with van der Waals surface area (Å²) in [6, 6.07) is 0.829. The smallest absolute Gasteiger partial charge is 0.00926 e. The molecule has 19 heavy (non-hydrogen) atoms. The highest BCUT2D eigenvalue weighted by atomic mass is 15.1. The SMILES string of the molecule is CN(CCCCC(C)(C)CN)C1CCC(C)(C)CC1. The standard InChI is InChI=1S/C17H36N2/c1-16(2)11-8-15(9-12-16)19(5)13-7-6-10-17(3,4)14-18/h15H,6-14,18H2,1-5H3. The van der Waals surface area contributed by atoms with Crippen LogP contribution in [-0.2, 0) is 0 Å². The average Bonchev–Trinajstić information content (AvgIpc) is 2.34. The minimum absolute atomic E-state index is 0.327. The highest BCUT2D eigenvalue weighted by molar-refractivity contribution is 4.82. The van der Waals surface area contributed by atoms with Crippen LogP contribution in [0.25, 0.3) is 0 Å². The molecule has 0 aromatic carbocycles. The summed E-state index contributed by atoms with van der Waals surface area (Å²) in [5, 5.41) is 0. The molecule has 0 radical (unpaired) electrons. The summed E-state index contributed by atoms with van der Waals surface area (Å²) in [6.07, 6.45) is 9.45. The minimum Gasteiger partial charge on any atom is -0.330 e. The minimum atomic E-state index is 0.327. The molecule has 0 aromatic heterocycles. The number of rotatable bonds is 7. The summed E-state index contributed by atoms with van der Waals surface area (Å²) in [5.41, 5.74) is 6.69. The summed E-state index contributed by atoms with van der Waals surface area (Å²) in [5.74, 6) is 0. The Morgan fingerprint density at radius 2 is 1.74 bits per heavy atom. The lowest BCUT2D eigenvalue weighted by atomic mass is 9.75. The molecule has 2 nitrogen and oxygen atoms in total. The summed E-state index contributed by atoms with van der Waals surface area (Å²) in [4.78, 5) is 2.60. The van der Waals surface area contributed by atoms with Crippen molar-refractivity contribution >= 4 is 0 Å². The number of hydrogen-bond donors (Lipinski definition) is 1. The fourth-order valence-electron chi connectivity index (χ4n) is 3.07. The van der Waals surface area contributed by atoms with Crippen molar-refractivity contribution in [1.29, 1.82) is 0 Å². The monoisotopic (exact) mass is 268 g/mol. The van der Waals surface area contributed by atoms with E-state index in [0.717, 1.165) is 12.6 Å². The molecule has 1 aliphatic carbocycles. The molecule has 1 rings (SSSR count). The summed E-state index contributed by atoms with van der Waals surface area (Å²) in [7, 11) is 2.32. The Labute approximate surface area is 121 Å². The largest absolute Gasteiger partial charge is 0.330 e. The van der Waals surface area contributed by atoms with E-state index in [1.807, 2.05) is 0 Å². The lowest BCUT2D eigenvalue weighted by molar-refractivity contribution is 0.125. The molecule has 1 saturated carbocycles. The summed E-state index contributed by atoms with van der Waals surface area (Å²) < 4.78 is 0. The van der Waals surface area contributed by atoms with E-state index >= 15 is 0 Å². The van der Waals surface area contributed by atoms with Crippen molar-refractivity contribution in [3.63, 3.8) is 0 Å². The average molecular weight is 268 g/mol. The molecule has 2 heteroatoms. The van der Waals surface area contributed by atoms with Crippen molar-refractivity contribution in [3.8, 4) is 0 Å². The van der Waals surface area contributed by atoms with Crippen molar-refractivity contribution in [2.75, 3.05) is 20.1 Å². The molecule has 0 spiro atoms. The van der Waals surface area contributed by atoms with Gasteiger partial charge < -0.3 is 10.6 Å². The van der Waals surface area contributed by atoms with Crippen LogP contribution < -0.4 is 5.73 Å². The Kier molecular flexibility index (Phi) is 6.32. The van der Waals surface area contributed by atoms with Crippen LogP contribution in [0.2, 0.25) is 0 Å². The maximum atomic E-state index is 5.78. The van der Waals surface area contributed by atoms with Gasteiger partial charge in [-0.2, -0.15) is 0 Å².